The molecule has 1 aromatic carbocycles. The molecule has 0 bridgehead atoms. The van der Waals surface area contributed by atoms with Gasteiger partial charge in [0.1, 0.15) is 0 Å². The number of primary amides is 1. The Kier molecular flexibility index (Phi) is 4.99. The maximum absolute atomic E-state index is 11.0. The van der Waals surface area contributed by atoms with E-state index in [1.165, 1.54) is 0 Å². The Morgan fingerprint density at radius 1 is 1.50 bits per heavy atom. The van der Waals surface area contributed by atoms with Gasteiger partial charge >= 0.3 is 0 Å². The van der Waals surface area contributed by atoms with E-state index in [0.717, 1.165) is 24.9 Å². The van der Waals surface area contributed by atoms with Crippen LogP contribution in [-0.2, 0) is 6.42 Å². The van der Waals surface area contributed by atoms with Crippen LogP contribution in [0.15, 0.2) is 24.3 Å². The Morgan fingerprint density at radius 2 is 2.25 bits per heavy atom. The van der Waals surface area contributed by atoms with E-state index in [9.17, 15) is 4.79 Å². The normalized spacial score (nSPS) is 12.4. The SMILES string of the molecule is CCC(C)NCCc1cccc(C(N)=O)c1. The molecule has 0 aliphatic heterocycles. The summed E-state index contributed by atoms with van der Waals surface area (Å²) in [6, 6.07) is 8.04. The Balaban J connectivity index is 2.48. The van der Waals surface area contributed by atoms with Crippen molar-refractivity contribution in [3.8, 4) is 0 Å². The van der Waals surface area contributed by atoms with Gasteiger partial charge in [0.2, 0.25) is 5.91 Å². The van der Waals surface area contributed by atoms with Crippen molar-refractivity contribution in [2.45, 2.75) is 32.7 Å². The zero-order valence-electron chi connectivity index (χ0n) is 9.99. The van der Waals surface area contributed by atoms with Gasteiger partial charge in [-0.15, -0.1) is 0 Å². The molecule has 88 valence electrons. The fraction of sp³-hybridized carbons (Fsp3) is 0.462. The summed E-state index contributed by atoms with van der Waals surface area (Å²) in [5.41, 5.74) is 6.96. The van der Waals surface area contributed by atoms with E-state index in [1.807, 2.05) is 18.2 Å². The number of amides is 1. The van der Waals surface area contributed by atoms with Crippen molar-refractivity contribution in [3.05, 3.63) is 35.4 Å². The van der Waals surface area contributed by atoms with Crippen LogP contribution in [0.3, 0.4) is 0 Å². The molecular formula is C13H20N2O. The summed E-state index contributed by atoms with van der Waals surface area (Å²) in [5.74, 6) is -0.364. The summed E-state index contributed by atoms with van der Waals surface area (Å²) in [5, 5.41) is 3.41. The van der Waals surface area contributed by atoms with Crippen LogP contribution in [0.2, 0.25) is 0 Å². The molecule has 0 saturated heterocycles. The van der Waals surface area contributed by atoms with Crippen LogP contribution in [-0.4, -0.2) is 18.5 Å². The van der Waals surface area contributed by atoms with Gasteiger partial charge in [-0.25, -0.2) is 0 Å². The Hall–Kier alpha value is -1.35. The molecule has 0 spiro atoms. The second-order valence-electron chi connectivity index (χ2n) is 4.08. The van der Waals surface area contributed by atoms with E-state index >= 15 is 0 Å². The Labute approximate surface area is 97.0 Å². The average Bonchev–Trinajstić information content (AvgIpc) is 2.29. The lowest BCUT2D eigenvalue weighted by molar-refractivity contribution is 0.1000. The molecule has 0 aliphatic carbocycles. The molecule has 0 aromatic heterocycles. The fourth-order valence-corrected chi connectivity index (χ4v) is 1.49. The topological polar surface area (TPSA) is 55.1 Å². The largest absolute Gasteiger partial charge is 0.366 e. The molecule has 1 atom stereocenters. The van der Waals surface area contributed by atoms with Crippen LogP contribution in [0.25, 0.3) is 0 Å². The first-order chi connectivity index (χ1) is 7.63. The van der Waals surface area contributed by atoms with E-state index in [4.69, 9.17) is 5.73 Å². The van der Waals surface area contributed by atoms with Crippen molar-refractivity contribution in [2.24, 2.45) is 5.73 Å². The molecule has 3 N–H and O–H groups in total. The van der Waals surface area contributed by atoms with Crippen molar-refractivity contribution in [3.63, 3.8) is 0 Å². The van der Waals surface area contributed by atoms with Crippen LogP contribution in [0.5, 0.6) is 0 Å². The highest BCUT2D eigenvalue weighted by Gasteiger charge is 2.02. The third-order valence-electron chi connectivity index (χ3n) is 2.73. The second-order valence-corrected chi connectivity index (χ2v) is 4.08. The van der Waals surface area contributed by atoms with Gasteiger partial charge in [-0.1, -0.05) is 19.1 Å². The van der Waals surface area contributed by atoms with Crippen molar-refractivity contribution in [1.82, 2.24) is 5.32 Å². The second kappa shape index (κ2) is 6.28. The van der Waals surface area contributed by atoms with Gasteiger partial charge in [0.25, 0.3) is 0 Å². The molecule has 1 rings (SSSR count). The van der Waals surface area contributed by atoms with E-state index in [-0.39, 0.29) is 5.91 Å². The molecular weight excluding hydrogens is 200 g/mol. The van der Waals surface area contributed by atoms with Crippen LogP contribution in [0.4, 0.5) is 0 Å². The molecule has 16 heavy (non-hydrogen) atoms. The molecule has 1 unspecified atom stereocenters. The lowest BCUT2D eigenvalue weighted by atomic mass is 10.1. The average molecular weight is 220 g/mol. The highest BCUT2D eigenvalue weighted by molar-refractivity contribution is 5.92. The predicted molar refractivity (Wildman–Crippen MR) is 66.4 cm³/mol. The first kappa shape index (κ1) is 12.7. The van der Waals surface area contributed by atoms with Gasteiger partial charge in [-0.2, -0.15) is 0 Å². The Bertz CT molecular complexity index is 350. The zero-order chi connectivity index (χ0) is 12.0. The molecule has 0 heterocycles. The highest BCUT2D eigenvalue weighted by Crippen LogP contribution is 2.05. The molecule has 0 radical (unpaired) electrons. The number of rotatable bonds is 6. The van der Waals surface area contributed by atoms with Crippen molar-refractivity contribution < 1.29 is 4.79 Å². The molecule has 0 saturated carbocycles. The lowest BCUT2D eigenvalue weighted by Gasteiger charge is -2.11. The summed E-state index contributed by atoms with van der Waals surface area (Å²) in [6.45, 7) is 5.25. The predicted octanol–water partition coefficient (Wildman–Crippen LogP) is 1.72. The summed E-state index contributed by atoms with van der Waals surface area (Å²) in [4.78, 5) is 11.0. The van der Waals surface area contributed by atoms with E-state index < -0.39 is 0 Å². The zero-order valence-corrected chi connectivity index (χ0v) is 9.99. The number of nitrogens with two attached hydrogens (primary N) is 1. The van der Waals surface area contributed by atoms with Gasteiger partial charge < -0.3 is 11.1 Å². The van der Waals surface area contributed by atoms with Crippen molar-refractivity contribution in [1.29, 1.82) is 0 Å². The number of nitrogens with one attached hydrogen (secondary N) is 1. The third-order valence-corrected chi connectivity index (χ3v) is 2.73. The number of benzene rings is 1. The maximum atomic E-state index is 11.0. The van der Waals surface area contributed by atoms with E-state index in [2.05, 4.69) is 19.2 Å². The van der Waals surface area contributed by atoms with Crippen LogP contribution < -0.4 is 11.1 Å². The molecule has 3 nitrogen and oxygen atoms in total. The summed E-state index contributed by atoms with van der Waals surface area (Å²) >= 11 is 0. The summed E-state index contributed by atoms with van der Waals surface area (Å²) in [6.07, 6.45) is 2.05. The minimum absolute atomic E-state index is 0.364. The van der Waals surface area contributed by atoms with Gasteiger partial charge in [-0.3, -0.25) is 4.79 Å². The van der Waals surface area contributed by atoms with Crippen LogP contribution >= 0.6 is 0 Å². The standard InChI is InChI=1S/C13H20N2O/c1-3-10(2)15-8-7-11-5-4-6-12(9-11)13(14)16/h4-6,9-10,15H,3,7-8H2,1-2H3,(H2,14,16). The number of hydrogen-bond acceptors (Lipinski definition) is 2. The first-order valence-electron chi connectivity index (χ1n) is 5.75. The van der Waals surface area contributed by atoms with E-state index in [1.54, 1.807) is 6.07 Å². The molecule has 1 amide bonds. The fourth-order valence-electron chi connectivity index (χ4n) is 1.49. The minimum Gasteiger partial charge on any atom is -0.366 e. The van der Waals surface area contributed by atoms with E-state index in [0.29, 0.717) is 11.6 Å². The van der Waals surface area contributed by atoms with Gasteiger partial charge in [0.05, 0.1) is 0 Å². The number of hydrogen-bond donors (Lipinski definition) is 2. The Morgan fingerprint density at radius 3 is 2.88 bits per heavy atom. The first-order valence-corrected chi connectivity index (χ1v) is 5.75. The summed E-state index contributed by atoms with van der Waals surface area (Å²) in [7, 11) is 0. The molecule has 1 aromatic rings. The summed E-state index contributed by atoms with van der Waals surface area (Å²) < 4.78 is 0. The van der Waals surface area contributed by atoms with Crippen LogP contribution in [0.1, 0.15) is 36.2 Å². The molecule has 3 heteroatoms. The smallest absolute Gasteiger partial charge is 0.248 e. The maximum Gasteiger partial charge on any atom is 0.248 e. The molecule has 0 aliphatic rings. The molecule has 0 fully saturated rings. The van der Waals surface area contributed by atoms with Crippen LogP contribution in [0, 0.1) is 0 Å². The quantitative estimate of drug-likeness (QED) is 0.767. The van der Waals surface area contributed by atoms with Gasteiger partial charge in [0.15, 0.2) is 0 Å². The van der Waals surface area contributed by atoms with Gasteiger partial charge in [-0.05, 0) is 44.0 Å². The lowest BCUT2D eigenvalue weighted by Crippen LogP contribution is -2.27. The van der Waals surface area contributed by atoms with Crippen molar-refractivity contribution in [2.75, 3.05) is 6.54 Å². The monoisotopic (exact) mass is 220 g/mol. The third kappa shape index (κ3) is 4.03. The number of carbonyl (C=O) groups excluding carboxylic acids is 1. The van der Waals surface area contributed by atoms with Crippen molar-refractivity contribution >= 4 is 5.91 Å². The minimum atomic E-state index is -0.364. The highest BCUT2D eigenvalue weighted by atomic mass is 16.1. The number of carbonyl (C=O) groups is 1. The van der Waals surface area contributed by atoms with Gasteiger partial charge in [0, 0.05) is 11.6 Å².